The third-order valence-electron chi connectivity index (χ3n) is 6.83. The van der Waals surface area contributed by atoms with Crippen molar-refractivity contribution in [3.63, 3.8) is 0 Å². The van der Waals surface area contributed by atoms with E-state index >= 15 is 0 Å². The van der Waals surface area contributed by atoms with Gasteiger partial charge in [-0.2, -0.15) is 4.31 Å². The first-order valence-corrected chi connectivity index (χ1v) is 9.93. The number of aliphatic carboxylic acids is 1. The number of sulfonamides is 1. The molecule has 4 rings (SSSR count). The molecule has 0 radical (unpaired) electrons. The number of benzene rings is 1. The van der Waals surface area contributed by atoms with Gasteiger partial charge in [-0.1, -0.05) is 19.9 Å². The minimum Gasteiger partial charge on any atom is -0.481 e. The fourth-order valence-electron chi connectivity index (χ4n) is 4.60. The number of fused-ring (bicyclic) bond motifs is 2. The van der Waals surface area contributed by atoms with Crippen molar-refractivity contribution in [3.05, 3.63) is 29.3 Å². The zero-order chi connectivity index (χ0) is 17.3. The first-order chi connectivity index (χ1) is 11.1. The van der Waals surface area contributed by atoms with E-state index in [0.29, 0.717) is 30.8 Å². The zero-order valence-corrected chi connectivity index (χ0v) is 14.9. The lowest BCUT2D eigenvalue weighted by atomic mass is 9.53. The molecule has 1 aliphatic heterocycles. The number of nitrogens with zero attached hydrogens (tertiary/aromatic N) is 1. The lowest BCUT2D eigenvalue weighted by molar-refractivity contribution is -0.141. The summed E-state index contributed by atoms with van der Waals surface area (Å²) in [4.78, 5) is 11.5. The Bertz CT molecular complexity index is 815. The molecule has 0 amide bonds. The van der Waals surface area contributed by atoms with Gasteiger partial charge in [0.1, 0.15) is 0 Å². The average molecular weight is 349 g/mol. The Morgan fingerprint density at radius 3 is 2.25 bits per heavy atom. The van der Waals surface area contributed by atoms with Crippen LogP contribution in [0.15, 0.2) is 23.1 Å². The standard InChI is InChI=1S/C18H23NO4S/c1-17-5-6-18(17,2)11-19(10-17)24(22,23)15-4-3-12-7-14(16(20)21)8-13(12)9-15/h3-4,9,14H,5-8,10-11H2,1-2H3,(H,20,21)/t14?,17-,18+. The maximum absolute atomic E-state index is 13.1. The second-order valence-corrected chi connectivity index (χ2v) is 10.2. The van der Waals surface area contributed by atoms with Crippen molar-refractivity contribution in [2.24, 2.45) is 16.7 Å². The van der Waals surface area contributed by atoms with Crippen LogP contribution in [0.4, 0.5) is 0 Å². The Labute approximate surface area is 142 Å². The van der Waals surface area contributed by atoms with Crippen molar-refractivity contribution in [1.29, 1.82) is 0 Å². The smallest absolute Gasteiger partial charge is 0.307 e. The third kappa shape index (κ3) is 2.09. The van der Waals surface area contributed by atoms with Crippen LogP contribution in [0.3, 0.4) is 0 Å². The van der Waals surface area contributed by atoms with Crippen LogP contribution in [0.2, 0.25) is 0 Å². The number of carboxylic acid groups (broad SMARTS) is 1. The summed E-state index contributed by atoms with van der Waals surface area (Å²) in [7, 11) is -3.51. The molecule has 2 fully saturated rings. The van der Waals surface area contributed by atoms with E-state index in [1.165, 1.54) is 0 Å². The number of rotatable bonds is 3. The van der Waals surface area contributed by atoms with Gasteiger partial charge in [0.25, 0.3) is 0 Å². The second kappa shape index (κ2) is 4.82. The number of hydrogen-bond donors (Lipinski definition) is 1. The molecular formula is C18H23NO4S. The van der Waals surface area contributed by atoms with Crippen LogP contribution < -0.4 is 0 Å². The van der Waals surface area contributed by atoms with Crippen LogP contribution in [0.25, 0.3) is 0 Å². The molecule has 6 heteroatoms. The minimum absolute atomic E-state index is 0.0885. The molecule has 1 aromatic carbocycles. The van der Waals surface area contributed by atoms with Crippen LogP contribution in [-0.2, 0) is 27.7 Å². The Balaban J connectivity index is 1.63. The van der Waals surface area contributed by atoms with Gasteiger partial charge in [0.2, 0.25) is 10.0 Å². The molecular weight excluding hydrogens is 326 g/mol. The number of carboxylic acids is 1. The highest BCUT2D eigenvalue weighted by atomic mass is 32.2. The molecule has 24 heavy (non-hydrogen) atoms. The van der Waals surface area contributed by atoms with Gasteiger partial charge >= 0.3 is 5.97 Å². The minimum atomic E-state index is -3.51. The molecule has 1 N–H and O–H groups in total. The SMILES string of the molecule is C[C@@]12CC[C@]1(C)CN(S(=O)(=O)c1ccc3c(c1)CC(C(=O)O)C3)C2. The molecule has 2 aliphatic carbocycles. The van der Waals surface area contributed by atoms with Crippen molar-refractivity contribution in [2.45, 2.75) is 44.4 Å². The van der Waals surface area contributed by atoms with Crippen LogP contribution in [0.1, 0.15) is 37.8 Å². The summed E-state index contributed by atoms with van der Waals surface area (Å²) < 4.78 is 27.8. The predicted molar refractivity (Wildman–Crippen MR) is 89.2 cm³/mol. The largest absolute Gasteiger partial charge is 0.481 e. The Hall–Kier alpha value is -1.40. The van der Waals surface area contributed by atoms with E-state index in [1.54, 1.807) is 22.5 Å². The average Bonchev–Trinajstić information content (AvgIpc) is 3.02. The van der Waals surface area contributed by atoms with Gasteiger partial charge in [0.05, 0.1) is 10.8 Å². The molecule has 5 nitrogen and oxygen atoms in total. The highest BCUT2D eigenvalue weighted by molar-refractivity contribution is 7.89. The summed E-state index contributed by atoms with van der Waals surface area (Å²) in [5.74, 6) is -1.24. The molecule has 0 spiro atoms. The van der Waals surface area contributed by atoms with E-state index in [9.17, 15) is 18.3 Å². The summed E-state index contributed by atoms with van der Waals surface area (Å²) in [6, 6.07) is 5.13. The molecule has 130 valence electrons. The fourth-order valence-corrected chi connectivity index (χ4v) is 6.34. The predicted octanol–water partition coefficient (Wildman–Crippen LogP) is 2.30. The summed E-state index contributed by atoms with van der Waals surface area (Å²) in [6.07, 6.45) is 3.08. The molecule has 1 aromatic rings. The van der Waals surface area contributed by atoms with E-state index in [0.717, 1.165) is 24.0 Å². The molecule has 1 saturated heterocycles. The highest BCUT2D eigenvalue weighted by Crippen LogP contribution is 2.61. The van der Waals surface area contributed by atoms with E-state index in [4.69, 9.17) is 0 Å². The van der Waals surface area contributed by atoms with Crippen molar-refractivity contribution in [1.82, 2.24) is 4.31 Å². The molecule has 3 aliphatic rings. The molecule has 0 aromatic heterocycles. The van der Waals surface area contributed by atoms with Gasteiger partial charge in [-0.25, -0.2) is 8.42 Å². The van der Waals surface area contributed by atoms with Gasteiger partial charge in [-0.15, -0.1) is 0 Å². The van der Waals surface area contributed by atoms with Crippen LogP contribution in [0.5, 0.6) is 0 Å². The zero-order valence-electron chi connectivity index (χ0n) is 14.1. The van der Waals surface area contributed by atoms with E-state index in [1.807, 2.05) is 0 Å². The van der Waals surface area contributed by atoms with Crippen molar-refractivity contribution in [3.8, 4) is 0 Å². The van der Waals surface area contributed by atoms with Gasteiger partial charge in [-0.3, -0.25) is 4.79 Å². The molecule has 1 unspecified atom stereocenters. The lowest BCUT2D eigenvalue weighted by Gasteiger charge is -2.50. The summed E-state index contributed by atoms with van der Waals surface area (Å²) in [5.41, 5.74) is 2.00. The van der Waals surface area contributed by atoms with E-state index in [2.05, 4.69) is 13.8 Å². The van der Waals surface area contributed by atoms with Crippen molar-refractivity contribution < 1.29 is 18.3 Å². The molecule has 3 atom stereocenters. The monoisotopic (exact) mass is 349 g/mol. The first-order valence-electron chi connectivity index (χ1n) is 8.49. The molecule has 0 bridgehead atoms. The molecule has 1 heterocycles. The van der Waals surface area contributed by atoms with Crippen molar-refractivity contribution >= 4 is 16.0 Å². The van der Waals surface area contributed by atoms with Crippen LogP contribution >= 0.6 is 0 Å². The fraction of sp³-hybridized carbons (Fsp3) is 0.611. The van der Waals surface area contributed by atoms with Gasteiger partial charge in [0, 0.05) is 13.1 Å². The summed E-state index contributed by atoms with van der Waals surface area (Å²) in [5, 5.41) is 9.18. The third-order valence-corrected chi connectivity index (χ3v) is 8.62. The maximum atomic E-state index is 13.1. The number of carbonyl (C=O) groups is 1. The normalized spacial score (nSPS) is 35.3. The first kappa shape index (κ1) is 16.1. The van der Waals surface area contributed by atoms with Crippen LogP contribution in [0, 0.1) is 16.7 Å². The van der Waals surface area contributed by atoms with Crippen LogP contribution in [-0.4, -0.2) is 36.9 Å². The summed E-state index contributed by atoms with van der Waals surface area (Å²) in [6.45, 7) is 5.54. The quantitative estimate of drug-likeness (QED) is 0.908. The molecule has 1 saturated carbocycles. The van der Waals surface area contributed by atoms with Crippen molar-refractivity contribution in [2.75, 3.05) is 13.1 Å². The van der Waals surface area contributed by atoms with E-state index < -0.39 is 21.9 Å². The topological polar surface area (TPSA) is 74.7 Å². The van der Waals surface area contributed by atoms with E-state index in [-0.39, 0.29) is 10.8 Å². The van der Waals surface area contributed by atoms with Gasteiger partial charge in [-0.05, 0) is 59.8 Å². The highest BCUT2D eigenvalue weighted by Gasteiger charge is 2.60. The van der Waals surface area contributed by atoms with Gasteiger partial charge < -0.3 is 5.11 Å². The Morgan fingerprint density at radius 2 is 1.71 bits per heavy atom. The maximum Gasteiger partial charge on any atom is 0.307 e. The lowest BCUT2D eigenvalue weighted by Crippen LogP contribution is -2.45. The summed E-state index contributed by atoms with van der Waals surface area (Å²) >= 11 is 0. The Kier molecular flexibility index (Phi) is 3.23. The van der Waals surface area contributed by atoms with Gasteiger partial charge in [0.15, 0.2) is 0 Å². The second-order valence-electron chi connectivity index (χ2n) is 8.27. The Morgan fingerprint density at radius 1 is 1.12 bits per heavy atom. The number of hydrogen-bond acceptors (Lipinski definition) is 3.